The van der Waals surface area contributed by atoms with Crippen LogP contribution in [0.15, 0.2) is 34.9 Å². The number of nitrogens with zero attached hydrogens (tertiary/aromatic N) is 1. The van der Waals surface area contributed by atoms with E-state index < -0.39 is 5.92 Å². The lowest BCUT2D eigenvalue weighted by Crippen LogP contribution is -2.25. The van der Waals surface area contributed by atoms with E-state index in [4.69, 9.17) is 4.42 Å². The summed E-state index contributed by atoms with van der Waals surface area (Å²) in [5.74, 6) is -0.520. The molecule has 1 aromatic carbocycles. The molecule has 0 bridgehead atoms. The van der Waals surface area contributed by atoms with Crippen molar-refractivity contribution in [2.24, 2.45) is 0 Å². The van der Waals surface area contributed by atoms with E-state index in [9.17, 15) is 9.18 Å². The third-order valence-electron chi connectivity index (χ3n) is 4.63. The Morgan fingerprint density at radius 3 is 2.84 bits per heavy atom. The fourth-order valence-electron chi connectivity index (χ4n) is 3.19. The van der Waals surface area contributed by atoms with Gasteiger partial charge in [-0.05, 0) is 43.8 Å². The molecule has 1 unspecified atom stereocenters. The molecule has 0 saturated carbocycles. The van der Waals surface area contributed by atoms with E-state index in [1.54, 1.807) is 12.3 Å². The van der Waals surface area contributed by atoms with Crippen molar-refractivity contribution >= 4 is 17.3 Å². The van der Waals surface area contributed by atoms with Crippen LogP contribution in [0.4, 0.5) is 15.8 Å². The highest BCUT2D eigenvalue weighted by Gasteiger charge is 2.34. The Morgan fingerprint density at radius 1 is 1.28 bits per heavy atom. The second-order valence-corrected chi connectivity index (χ2v) is 6.20. The summed E-state index contributed by atoms with van der Waals surface area (Å²) >= 11 is 0. The first-order valence-corrected chi connectivity index (χ1v) is 8.77. The number of nitrogens with one attached hydrogen (secondary N) is 2. The highest BCUT2D eigenvalue weighted by molar-refractivity contribution is 6.04. The Morgan fingerprint density at radius 2 is 2.08 bits per heavy atom. The Hall–Kier alpha value is -2.34. The normalized spacial score (nSPS) is 16.2. The summed E-state index contributed by atoms with van der Waals surface area (Å²) in [5.41, 5.74) is 2.12. The molecule has 0 spiro atoms. The van der Waals surface area contributed by atoms with Crippen molar-refractivity contribution in [3.8, 4) is 0 Å². The molecular formula is C19H24FN3O2. The number of carbonyl (C=O) groups is 1. The second kappa shape index (κ2) is 7.70. The SMILES string of the molecule is CCN(CC)CCCNc1coc(C2C(=O)Nc3cc(F)ccc32)c1. The highest BCUT2D eigenvalue weighted by Crippen LogP contribution is 2.38. The lowest BCUT2D eigenvalue weighted by atomic mass is 9.98. The molecule has 25 heavy (non-hydrogen) atoms. The molecule has 1 aliphatic heterocycles. The van der Waals surface area contributed by atoms with Crippen molar-refractivity contribution in [3.05, 3.63) is 47.7 Å². The second-order valence-electron chi connectivity index (χ2n) is 6.20. The van der Waals surface area contributed by atoms with Gasteiger partial charge in [0.05, 0.1) is 5.69 Å². The van der Waals surface area contributed by atoms with E-state index in [0.29, 0.717) is 11.4 Å². The van der Waals surface area contributed by atoms with Crippen LogP contribution in [-0.2, 0) is 4.79 Å². The molecule has 1 amide bonds. The molecule has 3 rings (SSSR count). The number of hydrogen-bond donors (Lipinski definition) is 2. The van der Waals surface area contributed by atoms with Crippen molar-refractivity contribution in [3.63, 3.8) is 0 Å². The molecule has 1 aromatic heterocycles. The summed E-state index contributed by atoms with van der Waals surface area (Å²) in [6.07, 6.45) is 2.66. The fourth-order valence-corrected chi connectivity index (χ4v) is 3.19. The molecule has 0 aliphatic carbocycles. The zero-order valence-electron chi connectivity index (χ0n) is 14.6. The van der Waals surface area contributed by atoms with Gasteiger partial charge in [-0.2, -0.15) is 0 Å². The molecule has 0 saturated heterocycles. The topological polar surface area (TPSA) is 57.5 Å². The molecular weight excluding hydrogens is 321 g/mol. The van der Waals surface area contributed by atoms with Crippen LogP contribution in [0.25, 0.3) is 0 Å². The highest BCUT2D eigenvalue weighted by atomic mass is 19.1. The number of amides is 1. The van der Waals surface area contributed by atoms with Gasteiger partial charge in [0, 0.05) is 18.3 Å². The van der Waals surface area contributed by atoms with Crippen molar-refractivity contribution in [2.45, 2.75) is 26.2 Å². The first-order chi connectivity index (χ1) is 12.1. The van der Waals surface area contributed by atoms with E-state index in [2.05, 4.69) is 29.4 Å². The summed E-state index contributed by atoms with van der Waals surface area (Å²) in [5, 5.41) is 6.04. The number of hydrogen-bond acceptors (Lipinski definition) is 4. The maximum Gasteiger partial charge on any atom is 0.239 e. The lowest BCUT2D eigenvalue weighted by molar-refractivity contribution is -0.116. The maximum atomic E-state index is 13.3. The predicted molar refractivity (Wildman–Crippen MR) is 96.5 cm³/mol. The first kappa shape index (κ1) is 17.5. The number of anilines is 2. The van der Waals surface area contributed by atoms with Gasteiger partial charge in [-0.3, -0.25) is 4.79 Å². The molecule has 1 aliphatic rings. The summed E-state index contributed by atoms with van der Waals surface area (Å²) < 4.78 is 18.9. The van der Waals surface area contributed by atoms with Gasteiger partial charge in [0.2, 0.25) is 5.91 Å². The zero-order valence-corrected chi connectivity index (χ0v) is 14.6. The number of carbonyl (C=O) groups excluding carboxylic acids is 1. The van der Waals surface area contributed by atoms with Crippen LogP contribution in [0.2, 0.25) is 0 Å². The quantitative estimate of drug-likeness (QED) is 0.717. The molecule has 134 valence electrons. The standard InChI is InChI=1S/C19H24FN3O2/c1-3-23(4-2)9-5-8-21-14-11-17(25-12-14)18-15-7-6-13(20)10-16(15)22-19(18)24/h6-7,10-12,18,21H,3-5,8-9H2,1-2H3,(H,22,24). The van der Waals surface area contributed by atoms with Crippen LogP contribution in [0, 0.1) is 5.82 Å². The van der Waals surface area contributed by atoms with Crippen LogP contribution in [-0.4, -0.2) is 37.0 Å². The Kier molecular flexibility index (Phi) is 5.38. The van der Waals surface area contributed by atoms with Gasteiger partial charge in [-0.1, -0.05) is 19.9 Å². The van der Waals surface area contributed by atoms with Gasteiger partial charge < -0.3 is 20.0 Å². The summed E-state index contributed by atoms with van der Waals surface area (Å²) in [4.78, 5) is 14.6. The van der Waals surface area contributed by atoms with Crippen LogP contribution in [0.3, 0.4) is 0 Å². The van der Waals surface area contributed by atoms with Crippen LogP contribution < -0.4 is 10.6 Å². The number of halogens is 1. The maximum absolute atomic E-state index is 13.3. The molecule has 2 heterocycles. The minimum Gasteiger partial charge on any atom is -0.466 e. The summed E-state index contributed by atoms with van der Waals surface area (Å²) in [7, 11) is 0. The summed E-state index contributed by atoms with van der Waals surface area (Å²) in [6, 6.07) is 6.18. The molecule has 5 nitrogen and oxygen atoms in total. The van der Waals surface area contributed by atoms with E-state index in [1.807, 2.05) is 6.07 Å². The van der Waals surface area contributed by atoms with Gasteiger partial charge in [0.25, 0.3) is 0 Å². The number of rotatable bonds is 8. The molecule has 0 radical (unpaired) electrons. The van der Waals surface area contributed by atoms with Crippen LogP contribution >= 0.6 is 0 Å². The molecule has 2 N–H and O–H groups in total. The third kappa shape index (κ3) is 3.85. The number of furan rings is 1. The van der Waals surface area contributed by atoms with Crippen molar-refractivity contribution in [1.82, 2.24) is 4.90 Å². The van der Waals surface area contributed by atoms with E-state index >= 15 is 0 Å². The van der Waals surface area contributed by atoms with E-state index in [1.165, 1.54) is 12.1 Å². The average molecular weight is 345 g/mol. The van der Waals surface area contributed by atoms with Crippen LogP contribution in [0.1, 0.15) is 37.5 Å². The fraction of sp³-hybridized carbons (Fsp3) is 0.421. The minimum atomic E-state index is -0.526. The third-order valence-corrected chi connectivity index (χ3v) is 4.63. The first-order valence-electron chi connectivity index (χ1n) is 8.77. The van der Waals surface area contributed by atoms with Crippen molar-refractivity contribution in [2.75, 3.05) is 36.8 Å². The van der Waals surface area contributed by atoms with Crippen molar-refractivity contribution < 1.29 is 13.6 Å². The molecule has 1 atom stereocenters. The monoisotopic (exact) mass is 345 g/mol. The average Bonchev–Trinajstić information content (AvgIpc) is 3.17. The molecule has 0 fully saturated rings. The van der Waals surface area contributed by atoms with Gasteiger partial charge in [-0.15, -0.1) is 0 Å². The Bertz CT molecular complexity index is 740. The van der Waals surface area contributed by atoms with Gasteiger partial charge >= 0.3 is 0 Å². The van der Waals surface area contributed by atoms with Gasteiger partial charge in [0.1, 0.15) is 23.8 Å². The van der Waals surface area contributed by atoms with Crippen LogP contribution in [0.5, 0.6) is 0 Å². The molecule has 6 heteroatoms. The smallest absolute Gasteiger partial charge is 0.239 e. The Labute approximate surface area is 147 Å². The zero-order chi connectivity index (χ0) is 17.8. The number of fused-ring (bicyclic) bond motifs is 1. The Balaban J connectivity index is 1.61. The largest absolute Gasteiger partial charge is 0.466 e. The van der Waals surface area contributed by atoms with E-state index in [0.717, 1.165) is 43.9 Å². The lowest BCUT2D eigenvalue weighted by Gasteiger charge is -2.17. The minimum absolute atomic E-state index is 0.192. The number of benzene rings is 1. The predicted octanol–water partition coefficient (Wildman–Crippen LogP) is 3.65. The van der Waals surface area contributed by atoms with Gasteiger partial charge in [-0.25, -0.2) is 4.39 Å². The molecule has 2 aromatic rings. The van der Waals surface area contributed by atoms with E-state index in [-0.39, 0.29) is 11.7 Å². The van der Waals surface area contributed by atoms with Crippen molar-refractivity contribution in [1.29, 1.82) is 0 Å². The summed E-state index contributed by atoms with van der Waals surface area (Å²) in [6.45, 7) is 8.33. The van der Waals surface area contributed by atoms with Gasteiger partial charge in [0.15, 0.2) is 0 Å².